The Bertz CT molecular complexity index is 977. The molecule has 1 fully saturated rings. The molecule has 1 unspecified atom stereocenters. The van der Waals surface area contributed by atoms with Crippen LogP contribution in [-0.4, -0.2) is 161 Å². The maximum atomic E-state index is 11.7. The van der Waals surface area contributed by atoms with Gasteiger partial charge < -0.3 is 20.2 Å². The lowest BCUT2D eigenvalue weighted by Crippen LogP contribution is -2.50. The van der Waals surface area contributed by atoms with Gasteiger partial charge in [-0.05, 0) is 38.9 Å². The third-order valence-corrected chi connectivity index (χ3v) is 7.23. The van der Waals surface area contributed by atoms with Gasteiger partial charge >= 0.3 is 17.9 Å². The summed E-state index contributed by atoms with van der Waals surface area (Å²) in [6, 6.07) is 5.91. The molecule has 0 spiro atoms. The highest BCUT2D eigenvalue weighted by Crippen LogP contribution is 2.17. The van der Waals surface area contributed by atoms with Crippen molar-refractivity contribution in [2.75, 3.05) is 92.6 Å². The zero-order valence-electron chi connectivity index (χ0n) is 24.1. The number of nitrogens with zero attached hydrogens (tertiary/aromatic N) is 6. The molecular weight excluding hydrogens is 536 g/mol. The summed E-state index contributed by atoms with van der Waals surface area (Å²) in [5.41, 5.74) is 0.909. The van der Waals surface area contributed by atoms with Gasteiger partial charge in [-0.1, -0.05) is 12.1 Å². The van der Waals surface area contributed by atoms with Crippen LogP contribution in [0, 0.1) is 10.1 Å². The molecule has 1 aliphatic rings. The number of non-ortho nitro benzene ring substituents is 1. The third-order valence-electron chi connectivity index (χ3n) is 7.23. The minimum Gasteiger partial charge on any atom is -0.480 e. The van der Waals surface area contributed by atoms with Gasteiger partial charge in [0, 0.05) is 77.1 Å². The molecule has 1 atom stereocenters. The summed E-state index contributed by atoms with van der Waals surface area (Å²) in [7, 11) is 4.00. The van der Waals surface area contributed by atoms with Gasteiger partial charge in [0.25, 0.3) is 5.69 Å². The van der Waals surface area contributed by atoms with Crippen molar-refractivity contribution in [1.29, 1.82) is 0 Å². The zero-order valence-corrected chi connectivity index (χ0v) is 24.1. The van der Waals surface area contributed by atoms with E-state index >= 15 is 0 Å². The molecule has 0 aromatic heterocycles. The normalized spacial score (nSPS) is 16.7. The summed E-state index contributed by atoms with van der Waals surface area (Å²) in [5.74, 6) is -3.12. The molecular formula is C27H44N6O8. The number of benzene rings is 1. The van der Waals surface area contributed by atoms with Gasteiger partial charge in [-0.25, -0.2) is 0 Å². The topological polar surface area (TPSA) is 171 Å². The lowest BCUT2D eigenvalue weighted by atomic mass is 10.0. The molecule has 3 N–H and O–H groups in total. The lowest BCUT2D eigenvalue weighted by molar-refractivity contribution is -0.384. The summed E-state index contributed by atoms with van der Waals surface area (Å²) in [5, 5.41) is 39.4. The fraction of sp³-hybridized carbons (Fsp3) is 0.667. The quantitative estimate of drug-likeness (QED) is 0.170. The summed E-state index contributed by atoms with van der Waals surface area (Å²) < 4.78 is 0. The predicted molar refractivity (Wildman–Crippen MR) is 152 cm³/mol. The fourth-order valence-electron chi connectivity index (χ4n) is 4.96. The molecule has 0 radical (unpaired) electrons. The molecule has 1 saturated heterocycles. The van der Waals surface area contributed by atoms with Gasteiger partial charge in [-0.15, -0.1) is 0 Å². The van der Waals surface area contributed by atoms with E-state index in [0.717, 1.165) is 31.7 Å². The number of carboxylic acid groups (broad SMARTS) is 3. The number of rotatable bonds is 17. The van der Waals surface area contributed by atoms with Gasteiger partial charge in [0.05, 0.1) is 24.6 Å². The number of aliphatic carboxylic acids is 3. The first kappa shape index (κ1) is 34.0. The van der Waals surface area contributed by atoms with Crippen LogP contribution in [0.1, 0.15) is 18.4 Å². The second kappa shape index (κ2) is 17.6. The van der Waals surface area contributed by atoms with E-state index in [-0.39, 0.29) is 18.3 Å². The molecule has 1 aromatic rings. The van der Waals surface area contributed by atoms with E-state index in [9.17, 15) is 39.8 Å². The van der Waals surface area contributed by atoms with E-state index in [2.05, 4.69) is 14.7 Å². The number of likely N-dealkylation sites (N-methyl/N-ethyl adjacent to an activating group) is 1. The fourth-order valence-corrected chi connectivity index (χ4v) is 4.96. The van der Waals surface area contributed by atoms with Gasteiger partial charge in [0.2, 0.25) is 0 Å². The van der Waals surface area contributed by atoms with Crippen molar-refractivity contribution in [1.82, 2.24) is 24.5 Å². The Hall–Kier alpha value is -3.17. The van der Waals surface area contributed by atoms with Crippen molar-refractivity contribution < 1.29 is 34.6 Å². The highest BCUT2D eigenvalue weighted by molar-refractivity contribution is 5.72. The average molecular weight is 581 g/mol. The Morgan fingerprint density at radius 1 is 0.878 bits per heavy atom. The van der Waals surface area contributed by atoms with Crippen LogP contribution in [0.15, 0.2) is 24.3 Å². The zero-order chi connectivity index (χ0) is 30.4. The highest BCUT2D eigenvalue weighted by atomic mass is 16.6. The summed E-state index contributed by atoms with van der Waals surface area (Å²) in [6.07, 6.45) is 1.76. The molecule has 41 heavy (non-hydrogen) atoms. The number of carbonyl (C=O) groups is 3. The first-order chi connectivity index (χ1) is 19.4. The SMILES string of the molecule is CN(C)CCN1CCN(CC(=O)O)CCN(CC(CCCc2ccc([N+](=O)[O-])cc2)N(CC(=O)O)CC(=O)O)CC1. The van der Waals surface area contributed by atoms with E-state index in [0.29, 0.717) is 52.0 Å². The van der Waals surface area contributed by atoms with Crippen LogP contribution in [0.3, 0.4) is 0 Å². The molecule has 1 aromatic carbocycles. The summed E-state index contributed by atoms with van der Waals surface area (Å²) in [4.78, 5) is 55.2. The van der Waals surface area contributed by atoms with Gasteiger partial charge in [0.1, 0.15) is 0 Å². The Kier molecular flexibility index (Phi) is 14.6. The van der Waals surface area contributed by atoms with Crippen molar-refractivity contribution in [3.63, 3.8) is 0 Å². The van der Waals surface area contributed by atoms with E-state index in [1.807, 2.05) is 19.0 Å². The van der Waals surface area contributed by atoms with E-state index in [4.69, 9.17) is 0 Å². The molecule has 1 heterocycles. The van der Waals surface area contributed by atoms with Crippen molar-refractivity contribution in [3.05, 3.63) is 39.9 Å². The largest absolute Gasteiger partial charge is 0.480 e. The molecule has 0 saturated carbocycles. The highest BCUT2D eigenvalue weighted by Gasteiger charge is 2.27. The minimum absolute atomic E-state index is 0.00489. The number of carboxylic acids is 3. The molecule has 14 heteroatoms. The van der Waals surface area contributed by atoms with Crippen molar-refractivity contribution in [2.24, 2.45) is 0 Å². The van der Waals surface area contributed by atoms with Gasteiger partial charge in [-0.3, -0.25) is 44.1 Å². The van der Waals surface area contributed by atoms with E-state index in [1.165, 1.54) is 17.0 Å². The van der Waals surface area contributed by atoms with Crippen LogP contribution < -0.4 is 0 Å². The molecule has 2 rings (SSSR count). The lowest BCUT2D eigenvalue weighted by Gasteiger charge is -2.35. The first-order valence-corrected chi connectivity index (χ1v) is 13.9. The number of nitro groups is 1. The van der Waals surface area contributed by atoms with Gasteiger partial charge in [-0.2, -0.15) is 0 Å². The Labute approximate surface area is 240 Å². The van der Waals surface area contributed by atoms with Crippen LogP contribution in [0.4, 0.5) is 5.69 Å². The minimum atomic E-state index is -1.11. The van der Waals surface area contributed by atoms with Gasteiger partial charge in [0.15, 0.2) is 0 Å². The molecule has 14 nitrogen and oxygen atoms in total. The number of aryl methyl sites for hydroxylation is 1. The van der Waals surface area contributed by atoms with Crippen LogP contribution in [-0.2, 0) is 20.8 Å². The smallest absolute Gasteiger partial charge is 0.317 e. The number of hydrogen-bond acceptors (Lipinski definition) is 10. The maximum absolute atomic E-state index is 11.7. The predicted octanol–water partition coefficient (Wildman–Crippen LogP) is 0.323. The first-order valence-electron chi connectivity index (χ1n) is 13.9. The Morgan fingerprint density at radius 3 is 1.90 bits per heavy atom. The standard InChI is InChI=1S/C27H44N6O8/c1-28(2)10-11-29-12-14-30(16-17-31(15-13-29)19-25(34)35)18-24(32(20-26(36)37)21-27(38)39)5-3-4-22-6-8-23(9-7-22)33(40)41/h6-9,24H,3-5,10-21H2,1-2H3,(H,34,35)(H,36,37)(H,38,39). The van der Waals surface area contributed by atoms with Crippen LogP contribution in [0.5, 0.6) is 0 Å². The van der Waals surface area contributed by atoms with Crippen LogP contribution in [0.2, 0.25) is 0 Å². The monoisotopic (exact) mass is 580 g/mol. The van der Waals surface area contributed by atoms with E-state index < -0.39 is 35.9 Å². The number of hydrogen-bond donors (Lipinski definition) is 3. The Balaban J connectivity index is 2.19. The molecule has 1 aliphatic heterocycles. The van der Waals surface area contributed by atoms with Crippen molar-refractivity contribution >= 4 is 23.6 Å². The van der Waals surface area contributed by atoms with Crippen LogP contribution in [0.25, 0.3) is 0 Å². The molecule has 0 amide bonds. The van der Waals surface area contributed by atoms with Crippen molar-refractivity contribution in [2.45, 2.75) is 25.3 Å². The van der Waals surface area contributed by atoms with Crippen LogP contribution >= 0.6 is 0 Å². The van der Waals surface area contributed by atoms with Crippen molar-refractivity contribution in [3.8, 4) is 0 Å². The molecule has 0 bridgehead atoms. The maximum Gasteiger partial charge on any atom is 0.317 e. The Morgan fingerprint density at radius 2 is 1.41 bits per heavy atom. The molecule has 0 aliphatic carbocycles. The van der Waals surface area contributed by atoms with E-state index in [1.54, 1.807) is 12.1 Å². The summed E-state index contributed by atoms with van der Waals surface area (Å²) in [6.45, 7) is 5.10. The third kappa shape index (κ3) is 13.8. The molecule has 230 valence electrons. The second-order valence-electron chi connectivity index (χ2n) is 10.8. The average Bonchev–Trinajstić information content (AvgIpc) is 2.97. The second-order valence-corrected chi connectivity index (χ2v) is 10.8. The summed E-state index contributed by atoms with van der Waals surface area (Å²) >= 11 is 0. The number of nitro benzene ring substituents is 1.